The molecule has 0 heterocycles. The molecule has 0 rings (SSSR count). The fourth-order valence-corrected chi connectivity index (χ4v) is 8.44. The second-order valence-corrected chi connectivity index (χ2v) is 20.2. The third kappa shape index (κ3) is 59.1. The summed E-state index contributed by atoms with van der Waals surface area (Å²) < 4.78 is 16.9. The highest BCUT2D eigenvalue weighted by Gasteiger charge is 2.19. The second kappa shape index (κ2) is 60.9. The highest BCUT2D eigenvalue weighted by Crippen LogP contribution is 2.15. The van der Waals surface area contributed by atoms with E-state index in [1.54, 1.807) is 0 Å². The molecule has 6 nitrogen and oxygen atoms in total. The first kappa shape index (κ1) is 69.3. The van der Waals surface area contributed by atoms with Crippen molar-refractivity contribution in [2.45, 2.75) is 297 Å². The zero-order valence-corrected chi connectivity index (χ0v) is 47.9. The van der Waals surface area contributed by atoms with E-state index in [1.165, 1.54) is 128 Å². The Morgan fingerprint density at radius 2 is 0.534 bits per heavy atom. The number of hydrogen-bond donors (Lipinski definition) is 0. The first-order valence-electron chi connectivity index (χ1n) is 30.7. The van der Waals surface area contributed by atoms with Gasteiger partial charge in [-0.1, -0.05) is 246 Å². The van der Waals surface area contributed by atoms with Crippen LogP contribution >= 0.6 is 0 Å². The largest absolute Gasteiger partial charge is 0.462 e. The lowest BCUT2D eigenvalue weighted by Gasteiger charge is -2.18. The molecule has 0 aromatic rings. The molecule has 0 fully saturated rings. The molecule has 73 heavy (non-hydrogen) atoms. The standard InChI is InChI=1S/C67H114O6/c1-4-7-10-13-16-19-22-25-28-30-32-33-35-36-39-42-45-48-51-54-57-60-66(69)72-63-64(62-71-65(68)59-56-53-50-47-44-41-38-27-24-21-18-15-12-9-6-3)73-67(70)61-58-55-52-49-46-43-40-37-34-31-29-26-23-20-17-14-11-8-5-2/h7,10,16-17,19-20,25-29,32-34,37-38,64H,4-6,8-9,11-15,18,21-24,30-31,35-36,39-63H2,1-3H3/b10-7-,19-16-,20-17-,28-25-,29-26-,33-32-,37-34-,38-27-. The van der Waals surface area contributed by atoms with Crippen molar-refractivity contribution in [2.24, 2.45) is 0 Å². The molecular formula is C67H114O6. The van der Waals surface area contributed by atoms with Crippen molar-refractivity contribution in [3.05, 3.63) is 97.2 Å². The van der Waals surface area contributed by atoms with Crippen LogP contribution < -0.4 is 0 Å². The zero-order valence-electron chi connectivity index (χ0n) is 47.9. The van der Waals surface area contributed by atoms with Gasteiger partial charge < -0.3 is 14.2 Å². The maximum Gasteiger partial charge on any atom is 0.306 e. The van der Waals surface area contributed by atoms with Crippen molar-refractivity contribution in [3.63, 3.8) is 0 Å². The summed E-state index contributed by atoms with van der Waals surface area (Å²) in [7, 11) is 0. The average Bonchev–Trinajstić information content (AvgIpc) is 3.39. The lowest BCUT2D eigenvalue weighted by atomic mass is 10.1. The van der Waals surface area contributed by atoms with Gasteiger partial charge in [0.25, 0.3) is 0 Å². The maximum absolute atomic E-state index is 12.9. The molecule has 0 bridgehead atoms. The van der Waals surface area contributed by atoms with Crippen LogP contribution in [0.5, 0.6) is 0 Å². The van der Waals surface area contributed by atoms with E-state index in [2.05, 4.69) is 118 Å². The predicted octanol–water partition coefficient (Wildman–Crippen LogP) is 20.9. The number of ether oxygens (including phenoxy) is 3. The van der Waals surface area contributed by atoms with Crippen LogP contribution in [-0.4, -0.2) is 37.2 Å². The Balaban J connectivity index is 4.43. The Kier molecular flexibility index (Phi) is 57.8. The SMILES string of the molecule is CC/C=C\C/C=C\C/C=C\C/C=C\CCCCCCCCCCC(=O)OCC(COC(=O)CCCCCCC/C=C\CCCCCCCC)OC(=O)CCCCCCCC/C=C\C/C=C\C/C=C\CCCCC. The second-order valence-electron chi connectivity index (χ2n) is 20.2. The van der Waals surface area contributed by atoms with Gasteiger partial charge in [-0.25, -0.2) is 0 Å². The lowest BCUT2D eigenvalue weighted by molar-refractivity contribution is -0.167. The highest BCUT2D eigenvalue weighted by atomic mass is 16.6. The van der Waals surface area contributed by atoms with Crippen LogP contribution in [0.25, 0.3) is 0 Å². The highest BCUT2D eigenvalue weighted by molar-refractivity contribution is 5.71. The molecule has 0 aliphatic rings. The fraction of sp³-hybridized carbons (Fsp3) is 0.716. The zero-order chi connectivity index (χ0) is 52.9. The van der Waals surface area contributed by atoms with Crippen molar-refractivity contribution in [2.75, 3.05) is 13.2 Å². The first-order valence-corrected chi connectivity index (χ1v) is 30.7. The van der Waals surface area contributed by atoms with Gasteiger partial charge in [0.15, 0.2) is 6.10 Å². The maximum atomic E-state index is 12.9. The molecule has 0 aromatic heterocycles. The molecule has 1 unspecified atom stereocenters. The van der Waals surface area contributed by atoms with Crippen molar-refractivity contribution in [3.8, 4) is 0 Å². The van der Waals surface area contributed by atoms with Gasteiger partial charge in [0.1, 0.15) is 13.2 Å². The summed E-state index contributed by atoms with van der Waals surface area (Å²) in [4.78, 5) is 38.3. The minimum atomic E-state index is -0.793. The van der Waals surface area contributed by atoms with Gasteiger partial charge in [0.2, 0.25) is 0 Å². The number of hydrogen-bond acceptors (Lipinski definition) is 6. The van der Waals surface area contributed by atoms with E-state index in [9.17, 15) is 14.4 Å². The Morgan fingerprint density at radius 1 is 0.288 bits per heavy atom. The van der Waals surface area contributed by atoms with Gasteiger partial charge >= 0.3 is 17.9 Å². The quantitative estimate of drug-likeness (QED) is 0.0261. The van der Waals surface area contributed by atoms with Crippen LogP contribution in [0.3, 0.4) is 0 Å². The van der Waals surface area contributed by atoms with Crippen LogP contribution in [-0.2, 0) is 28.6 Å². The summed E-state index contributed by atoms with van der Waals surface area (Å²) in [6.07, 6.45) is 81.1. The predicted molar refractivity (Wildman–Crippen MR) is 316 cm³/mol. The van der Waals surface area contributed by atoms with E-state index in [0.717, 1.165) is 122 Å². The first-order chi connectivity index (χ1) is 36.0. The topological polar surface area (TPSA) is 78.9 Å². The molecule has 6 heteroatoms. The molecule has 1 atom stereocenters. The van der Waals surface area contributed by atoms with Crippen LogP contribution in [0, 0.1) is 0 Å². The number of rotatable bonds is 55. The van der Waals surface area contributed by atoms with Crippen molar-refractivity contribution >= 4 is 17.9 Å². The molecule has 0 N–H and O–H groups in total. The van der Waals surface area contributed by atoms with Gasteiger partial charge in [0.05, 0.1) is 0 Å². The summed E-state index contributed by atoms with van der Waals surface area (Å²) in [5.41, 5.74) is 0. The fourth-order valence-electron chi connectivity index (χ4n) is 8.44. The monoisotopic (exact) mass is 1010 g/mol. The lowest BCUT2D eigenvalue weighted by Crippen LogP contribution is -2.30. The van der Waals surface area contributed by atoms with E-state index in [0.29, 0.717) is 19.3 Å². The van der Waals surface area contributed by atoms with Gasteiger partial charge in [0, 0.05) is 19.3 Å². The molecule has 418 valence electrons. The van der Waals surface area contributed by atoms with Crippen LogP contribution in [0.2, 0.25) is 0 Å². The summed E-state index contributed by atoms with van der Waals surface area (Å²) in [6, 6.07) is 0. The Bertz CT molecular complexity index is 1440. The molecule has 0 aliphatic carbocycles. The number of carbonyl (C=O) groups is 3. The molecule has 0 amide bonds. The number of allylic oxidation sites excluding steroid dienone is 16. The molecule has 0 aromatic carbocycles. The molecule has 0 saturated heterocycles. The van der Waals surface area contributed by atoms with Crippen molar-refractivity contribution in [1.82, 2.24) is 0 Å². The molecule has 0 saturated carbocycles. The normalized spacial score (nSPS) is 12.8. The number of unbranched alkanes of at least 4 members (excludes halogenated alkanes) is 28. The van der Waals surface area contributed by atoms with E-state index in [4.69, 9.17) is 14.2 Å². The Morgan fingerprint density at radius 3 is 0.877 bits per heavy atom. The van der Waals surface area contributed by atoms with Crippen LogP contribution in [0.4, 0.5) is 0 Å². The van der Waals surface area contributed by atoms with Gasteiger partial charge in [-0.05, 0) is 122 Å². The van der Waals surface area contributed by atoms with Crippen molar-refractivity contribution < 1.29 is 28.6 Å². The minimum Gasteiger partial charge on any atom is -0.462 e. The van der Waals surface area contributed by atoms with E-state index < -0.39 is 6.10 Å². The smallest absolute Gasteiger partial charge is 0.306 e. The summed E-state index contributed by atoms with van der Waals surface area (Å²) in [5, 5.41) is 0. The van der Waals surface area contributed by atoms with Crippen LogP contribution in [0.15, 0.2) is 97.2 Å². The average molecular weight is 1020 g/mol. The van der Waals surface area contributed by atoms with E-state index >= 15 is 0 Å². The minimum absolute atomic E-state index is 0.0896. The molecule has 0 radical (unpaired) electrons. The van der Waals surface area contributed by atoms with Gasteiger partial charge in [-0.3, -0.25) is 14.4 Å². The number of esters is 3. The van der Waals surface area contributed by atoms with Gasteiger partial charge in [-0.2, -0.15) is 0 Å². The molecule has 0 spiro atoms. The summed E-state index contributed by atoms with van der Waals surface area (Å²) >= 11 is 0. The number of carbonyl (C=O) groups excluding carboxylic acids is 3. The van der Waals surface area contributed by atoms with Crippen molar-refractivity contribution in [1.29, 1.82) is 0 Å². The third-order valence-electron chi connectivity index (χ3n) is 13.0. The Labute approximate surface area is 451 Å². The third-order valence-corrected chi connectivity index (χ3v) is 13.0. The summed E-state index contributed by atoms with van der Waals surface area (Å²) in [5.74, 6) is -0.911. The summed E-state index contributed by atoms with van der Waals surface area (Å²) in [6.45, 7) is 6.49. The van der Waals surface area contributed by atoms with Crippen LogP contribution in [0.1, 0.15) is 290 Å². The molecular weight excluding hydrogens is 901 g/mol. The Hall–Kier alpha value is -3.67. The van der Waals surface area contributed by atoms with E-state index in [-0.39, 0.29) is 31.1 Å². The van der Waals surface area contributed by atoms with Gasteiger partial charge in [-0.15, -0.1) is 0 Å². The molecule has 0 aliphatic heterocycles. The van der Waals surface area contributed by atoms with E-state index in [1.807, 2.05) is 0 Å².